The number of aliphatic carboxylic acids is 1. The molecule has 1 fully saturated rings. The van der Waals surface area contributed by atoms with Crippen LogP contribution in [0, 0.1) is 11.8 Å². The standard InChI is InChI=1S/C28H36N4O3/c1-35-25-8-9-27-26(18-25)22(11-15-30-27)5-2-4-21-13-17-32(19-23(21)7-10-28(33)34)16-3-6-24-12-14-29-20-31-24/h8-9,11-12,14-15,18,20-21,23H,2-7,10,13,16-17,19H2,1H3,(H,33,34). The maximum Gasteiger partial charge on any atom is 0.303 e. The Morgan fingerprint density at radius 1 is 1.09 bits per heavy atom. The van der Waals surface area contributed by atoms with Crippen LogP contribution in [0.4, 0.5) is 0 Å². The largest absolute Gasteiger partial charge is 0.497 e. The fourth-order valence-electron chi connectivity index (χ4n) is 5.41. The molecule has 0 bridgehead atoms. The Hall–Kier alpha value is -3.06. The lowest BCUT2D eigenvalue weighted by atomic mass is 9.79. The summed E-state index contributed by atoms with van der Waals surface area (Å²) >= 11 is 0. The van der Waals surface area contributed by atoms with Crippen LogP contribution in [-0.4, -0.2) is 57.7 Å². The van der Waals surface area contributed by atoms with Crippen LogP contribution in [0.25, 0.3) is 10.9 Å². The number of aromatic nitrogens is 3. The number of piperidine rings is 1. The molecule has 0 spiro atoms. The lowest BCUT2D eigenvalue weighted by molar-refractivity contribution is -0.137. The van der Waals surface area contributed by atoms with Gasteiger partial charge >= 0.3 is 5.97 Å². The number of aryl methyl sites for hydroxylation is 2. The van der Waals surface area contributed by atoms with Gasteiger partial charge in [-0.15, -0.1) is 0 Å². The topological polar surface area (TPSA) is 88.4 Å². The van der Waals surface area contributed by atoms with Crippen molar-refractivity contribution in [2.45, 2.75) is 51.4 Å². The second-order valence-corrected chi connectivity index (χ2v) is 9.59. The Morgan fingerprint density at radius 2 is 2.00 bits per heavy atom. The van der Waals surface area contributed by atoms with Crippen LogP contribution in [0.15, 0.2) is 49.1 Å². The Bertz CT molecular complexity index is 1090. The van der Waals surface area contributed by atoms with Crippen molar-refractivity contribution in [2.24, 2.45) is 11.8 Å². The van der Waals surface area contributed by atoms with E-state index in [0.717, 1.165) is 86.9 Å². The first-order valence-electron chi connectivity index (χ1n) is 12.7. The molecule has 0 saturated carbocycles. The fraction of sp³-hybridized carbons (Fsp3) is 0.500. The summed E-state index contributed by atoms with van der Waals surface area (Å²) in [5, 5.41) is 10.5. The predicted octanol–water partition coefficient (Wildman–Crippen LogP) is 4.79. The molecule has 1 saturated heterocycles. The van der Waals surface area contributed by atoms with Crippen LogP contribution in [0.3, 0.4) is 0 Å². The van der Waals surface area contributed by atoms with Crippen molar-refractivity contribution in [2.75, 3.05) is 26.7 Å². The summed E-state index contributed by atoms with van der Waals surface area (Å²) in [7, 11) is 1.69. The quantitative estimate of drug-likeness (QED) is 0.402. The summed E-state index contributed by atoms with van der Waals surface area (Å²) < 4.78 is 5.41. The van der Waals surface area contributed by atoms with Gasteiger partial charge in [0.1, 0.15) is 12.1 Å². The number of pyridine rings is 1. The monoisotopic (exact) mass is 476 g/mol. The van der Waals surface area contributed by atoms with Crippen molar-refractivity contribution in [3.05, 3.63) is 60.3 Å². The van der Waals surface area contributed by atoms with Gasteiger partial charge in [0.05, 0.1) is 12.6 Å². The van der Waals surface area contributed by atoms with Gasteiger partial charge in [0.2, 0.25) is 0 Å². The number of rotatable bonds is 12. The molecule has 1 aliphatic heterocycles. The van der Waals surface area contributed by atoms with Gasteiger partial charge in [-0.1, -0.05) is 0 Å². The number of carboxylic acids is 1. The first-order valence-corrected chi connectivity index (χ1v) is 12.7. The molecule has 2 aromatic heterocycles. The molecule has 2 atom stereocenters. The average molecular weight is 477 g/mol. The van der Waals surface area contributed by atoms with Gasteiger partial charge in [-0.05, 0) is 106 Å². The molecule has 1 aromatic carbocycles. The zero-order valence-corrected chi connectivity index (χ0v) is 20.6. The Labute approximate surface area is 207 Å². The molecule has 2 unspecified atom stereocenters. The van der Waals surface area contributed by atoms with E-state index in [-0.39, 0.29) is 6.42 Å². The zero-order valence-electron chi connectivity index (χ0n) is 20.6. The number of carboxylic acid groups (broad SMARTS) is 1. The van der Waals surface area contributed by atoms with Crippen molar-refractivity contribution >= 4 is 16.9 Å². The fourth-order valence-corrected chi connectivity index (χ4v) is 5.41. The normalized spacial score (nSPS) is 18.5. The first-order chi connectivity index (χ1) is 17.1. The van der Waals surface area contributed by atoms with E-state index in [2.05, 4.69) is 32.0 Å². The Balaban J connectivity index is 1.31. The van der Waals surface area contributed by atoms with Crippen LogP contribution in [0.2, 0.25) is 0 Å². The van der Waals surface area contributed by atoms with Crippen LogP contribution < -0.4 is 4.74 Å². The van der Waals surface area contributed by atoms with Crippen LogP contribution in [0.5, 0.6) is 5.75 Å². The molecule has 35 heavy (non-hydrogen) atoms. The lowest BCUT2D eigenvalue weighted by Gasteiger charge is -2.39. The third-order valence-electron chi connectivity index (χ3n) is 7.32. The number of hydrogen-bond donors (Lipinski definition) is 1. The molecule has 1 N–H and O–H groups in total. The third-order valence-corrected chi connectivity index (χ3v) is 7.32. The van der Waals surface area contributed by atoms with Crippen LogP contribution in [0.1, 0.15) is 49.8 Å². The lowest BCUT2D eigenvalue weighted by Crippen LogP contribution is -2.41. The minimum atomic E-state index is -0.693. The maximum atomic E-state index is 11.3. The third kappa shape index (κ3) is 7.21. The molecule has 7 nitrogen and oxygen atoms in total. The summed E-state index contributed by atoms with van der Waals surface area (Å²) in [6, 6.07) is 10.1. The van der Waals surface area contributed by atoms with Crippen LogP contribution >= 0.6 is 0 Å². The highest BCUT2D eigenvalue weighted by Gasteiger charge is 2.29. The summed E-state index contributed by atoms with van der Waals surface area (Å²) in [5.74, 6) is 1.18. The van der Waals surface area contributed by atoms with E-state index in [1.54, 1.807) is 19.6 Å². The molecule has 186 valence electrons. The summed E-state index contributed by atoms with van der Waals surface area (Å²) in [5.41, 5.74) is 3.38. The molecular formula is C28H36N4O3. The summed E-state index contributed by atoms with van der Waals surface area (Å²) in [4.78, 5) is 26.6. The highest BCUT2D eigenvalue weighted by atomic mass is 16.5. The number of carbonyl (C=O) groups is 1. The van der Waals surface area contributed by atoms with E-state index < -0.39 is 5.97 Å². The molecule has 3 heterocycles. The Kier molecular flexibility index (Phi) is 9.01. The van der Waals surface area contributed by atoms with E-state index in [4.69, 9.17) is 4.74 Å². The molecule has 3 aromatic rings. The van der Waals surface area contributed by atoms with Crippen molar-refractivity contribution in [3.8, 4) is 5.75 Å². The number of methoxy groups -OCH3 is 1. The van der Waals surface area contributed by atoms with Gasteiger partial charge in [-0.25, -0.2) is 9.97 Å². The number of hydrogen-bond acceptors (Lipinski definition) is 6. The van der Waals surface area contributed by atoms with Gasteiger partial charge < -0.3 is 14.7 Å². The van der Waals surface area contributed by atoms with Gasteiger partial charge in [-0.2, -0.15) is 0 Å². The van der Waals surface area contributed by atoms with E-state index in [0.29, 0.717) is 11.8 Å². The molecular weight excluding hydrogens is 440 g/mol. The average Bonchev–Trinajstić information content (AvgIpc) is 2.88. The predicted molar refractivity (Wildman–Crippen MR) is 136 cm³/mol. The minimum Gasteiger partial charge on any atom is -0.497 e. The molecule has 0 aliphatic carbocycles. The molecule has 7 heteroatoms. The molecule has 0 radical (unpaired) electrons. The Morgan fingerprint density at radius 3 is 2.80 bits per heavy atom. The number of nitrogens with zero attached hydrogens (tertiary/aromatic N) is 4. The van der Waals surface area contributed by atoms with Gasteiger partial charge in [0.25, 0.3) is 0 Å². The van der Waals surface area contributed by atoms with E-state index >= 15 is 0 Å². The minimum absolute atomic E-state index is 0.255. The van der Waals surface area contributed by atoms with E-state index in [1.807, 2.05) is 24.4 Å². The first kappa shape index (κ1) is 25.0. The second-order valence-electron chi connectivity index (χ2n) is 9.59. The van der Waals surface area contributed by atoms with Crippen molar-refractivity contribution < 1.29 is 14.6 Å². The SMILES string of the molecule is COc1ccc2nccc(CCCC3CCN(CCCc4ccncn4)CC3CCC(=O)O)c2c1. The highest BCUT2D eigenvalue weighted by molar-refractivity contribution is 5.83. The molecule has 4 rings (SSSR count). The van der Waals surface area contributed by atoms with Gasteiger partial charge in [-0.3, -0.25) is 9.78 Å². The number of likely N-dealkylation sites (tertiary alicyclic amines) is 1. The molecule has 0 amide bonds. The number of fused-ring (bicyclic) bond motifs is 1. The van der Waals surface area contributed by atoms with Crippen molar-refractivity contribution in [1.82, 2.24) is 19.9 Å². The highest BCUT2D eigenvalue weighted by Crippen LogP contribution is 2.32. The van der Waals surface area contributed by atoms with E-state index in [9.17, 15) is 9.90 Å². The van der Waals surface area contributed by atoms with E-state index in [1.165, 1.54) is 5.56 Å². The van der Waals surface area contributed by atoms with Gasteiger partial charge in [0.15, 0.2) is 0 Å². The molecule has 1 aliphatic rings. The number of ether oxygens (including phenoxy) is 1. The van der Waals surface area contributed by atoms with Crippen LogP contribution in [-0.2, 0) is 17.6 Å². The zero-order chi connectivity index (χ0) is 24.5. The van der Waals surface area contributed by atoms with Crippen molar-refractivity contribution in [1.29, 1.82) is 0 Å². The van der Waals surface area contributed by atoms with Crippen molar-refractivity contribution in [3.63, 3.8) is 0 Å². The number of benzene rings is 1. The maximum absolute atomic E-state index is 11.3. The summed E-state index contributed by atoms with van der Waals surface area (Å²) in [6.07, 6.45) is 12.7. The summed E-state index contributed by atoms with van der Waals surface area (Å²) in [6.45, 7) is 3.12. The smallest absolute Gasteiger partial charge is 0.303 e. The van der Waals surface area contributed by atoms with Gasteiger partial charge in [0, 0.05) is 36.4 Å². The second kappa shape index (κ2) is 12.6.